The summed E-state index contributed by atoms with van der Waals surface area (Å²) >= 11 is 5.08. The van der Waals surface area contributed by atoms with Gasteiger partial charge >= 0.3 is 11.9 Å². The number of methoxy groups -OCH3 is 2. The molecular weight excluding hydrogens is 252 g/mol. The first-order chi connectivity index (χ1) is 7.42. The van der Waals surface area contributed by atoms with Crippen LogP contribution in [0, 0.1) is 0 Å². The molecule has 16 heavy (non-hydrogen) atoms. The molecule has 0 aromatic heterocycles. The molecule has 0 saturated carbocycles. The molecule has 0 aromatic rings. The van der Waals surface area contributed by atoms with Crippen molar-refractivity contribution in [1.29, 1.82) is 0 Å². The van der Waals surface area contributed by atoms with Crippen molar-refractivity contribution in [2.45, 2.75) is 12.1 Å². The van der Waals surface area contributed by atoms with Crippen LogP contribution in [-0.4, -0.2) is 49.7 Å². The Bertz CT molecular complexity index is 259. The first-order valence-corrected chi connectivity index (χ1v) is 6.93. The van der Waals surface area contributed by atoms with E-state index in [9.17, 15) is 9.59 Å². The predicted octanol–water partition coefficient (Wildman–Crippen LogP) is -1.93. The number of carbonyl (C=O) groups excluding carboxylic acids is 2. The standard InChI is InChI=1S/C8H16N2O4S2/c1-13-7(11)5(9)3-16(15)4-6(10)8(12)14-2/h5-6H,3-4,9-10H2,1-2H3/t5-,6-/m0/s1. The second kappa shape index (κ2) is 7.66. The molecule has 0 spiro atoms. The molecule has 0 aliphatic rings. The number of carbonyl (C=O) groups is 2. The molecule has 4 N–H and O–H groups in total. The van der Waals surface area contributed by atoms with E-state index < -0.39 is 33.5 Å². The van der Waals surface area contributed by atoms with Gasteiger partial charge in [-0.25, -0.2) is 0 Å². The molecule has 6 nitrogen and oxygen atoms in total. The van der Waals surface area contributed by atoms with Crippen LogP contribution in [0.3, 0.4) is 0 Å². The predicted molar refractivity (Wildman–Crippen MR) is 64.4 cm³/mol. The second-order valence-corrected chi connectivity index (χ2v) is 5.99. The van der Waals surface area contributed by atoms with Crippen molar-refractivity contribution in [3.8, 4) is 0 Å². The second-order valence-electron chi connectivity index (χ2n) is 3.03. The van der Waals surface area contributed by atoms with Crippen LogP contribution in [0.5, 0.6) is 0 Å². The lowest BCUT2D eigenvalue weighted by Gasteiger charge is -2.13. The fourth-order valence-electron chi connectivity index (χ4n) is 0.907. The summed E-state index contributed by atoms with van der Waals surface area (Å²) in [6, 6.07) is -1.54. The molecule has 8 heteroatoms. The van der Waals surface area contributed by atoms with E-state index in [2.05, 4.69) is 9.47 Å². The van der Waals surface area contributed by atoms with Gasteiger partial charge in [-0.05, 0) is 0 Å². The Labute approximate surface area is 101 Å². The van der Waals surface area contributed by atoms with Gasteiger partial charge in [-0.2, -0.15) is 0 Å². The first-order valence-electron chi connectivity index (χ1n) is 4.44. The average molecular weight is 268 g/mol. The van der Waals surface area contributed by atoms with Crippen molar-refractivity contribution in [2.75, 3.05) is 25.7 Å². The lowest BCUT2D eigenvalue weighted by Crippen LogP contribution is -2.41. The molecule has 0 fully saturated rings. The van der Waals surface area contributed by atoms with Gasteiger partial charge in [0, 0.05) is 11.5 Å². The molecule has 0 aliphatic carbocycles. The topological polar surface area (TPSA) is 105 Å². The number of hydrogen-bond donors (Lipinski definition) is 2. The van der Waals surface area contributed by atoms with Gasteiger partial charge in [0.05, 0.1) is 14.2 Å². The highest BCUT2D eigenvalue weighted by Gasteiger charge is 2.19. The van der Waals surface area contributed by atoms with Gasteiger partial charge in [-0.3, -0.25) is 9.59 Å². The quantitative estimate of drug-likeness (QED) is 0.540. The van der Waals surface area contributed by atoms with Gasteiger partial charge in [-0.15, -0.1) is 9.45 Å². The fraction of sp³-hybridized carbons (Fsp3) is 0.750. The summed E-state index contributed by atoms with van der Waals surface area (Å²) in [5.74, 6) is -0.498. The maximum atomic E-state index is 11.0. The largest absolute Gasteiger partial charge is 0.468 e. The number of rotatable bonds is 6. The summed E-state index contributed by atoms with van der Waals surface area (Å²) in [7, 11) is 1.86. The molecule has 0 heterocycles. The third kappa shape index (κ3) is 5.50. The van der Waals surface area contributed by atoms with Crippen LogP contribution in [0.4, 0.5) is 0 Å². The smallest absolute Gasteiger partial charge is 0.323 e. The Morgan fingerprint density at radius 1 is 1.12 bits per heavy atom. The third-order valence-corrected chi connectivity index (χ3v) is 4.02. The fourth-order valence-corrected chi connectivity index (χ4v) is 3.00. The summed E-state index contributed by atoms with van der Waals surface area (Å²) < 4.78 is 8.92. The summed E-state index contributed by atoms with van der Waals surface area (Å²) in [5, 5.41) is 0. The molecule has 0 aliphatic heterocycles. The summed E-state index contributed by atoms with van der Waals surface area (Å²) in [5.41, 5.74) is 11.0. The van der Waals surface area contributed by atoms with Crippen LogP contribution < -0.4 is 11.5 Å². The van der Waals surface area contributed by atoms with E-state index >= 15 is 0 Å². The normalized spacial score (nSPS) is 14.3. The Morgan fingerprint density at radius 3 is 1.69 bits per heavy atom. The number of nitrogens with two attached hydrogens (primary N) is 2. The molecule has 0 radical (unpaired) electrons. The Balaban J connectivity index is 4.08. The minimum absolute atomic E-state index is 0.271. The molecule has 2 atom stereocenters. The highest BCUT2D eigenvalue weighted by Crippen LogP contribution is 1.95. The van der Waals surface area contributed by atoms with Crippen LogP contribution in [0.1, 0.15) is 0 Å². The number of hydrogen-bond acceptors (Lipinski definition) is 7. The first kappa shape index (κ1) is 15.4. The van der Waals surface area contributed by atoms with Crippen LogP contribution in [0.2, 0.25) is 0 Å². The van der Waals surface area contributed by atoms with Crippen molar-refractivity contribution in [3.63, 3.8) is 0 Å². The molecule has 94 valence electrons. The van der Waals surface area contributed by atoms with E-state index in [0.717, 1.165) is 0 Å². The molecular formula is C8H16N2O4S2. The number of esters is 2. The van der Waals surface area contributed by atoms with E-state index in [1.165, 1.54) is 14.2 Å². The van der Waals surface area contributed by atoms with Crippen molar-refractivity contribution in [1.82, 2.24) is 0 Å². The van der Waals surface area contributed by atoms with Gasteiger partial charge in [0.25, 0.3) is 0 Å². The van der Waals surface area contributed by atoms with Gasteiger partial charge in [0.1, 0.15) is 12.1 Å². The maximum Gasteiger partial charge on any atom is 0.323 e. The van der Waals surface area contributed by atoms with Crippen molar-refractivity contribution >= 4 is 32.6 Å². The minimum Gasteiger partial charge on any atom is -0.468 e. The van der Waals surface area contributed by atoms with Crippen LogP contribution in [0.15, 0.2) is 0 Å². The van der Waals surface area contributed by atoms with Gasteiger partial charge in [0.15, 0.2) is 0 Å². The lowest BCUT2D eigenvalue weighted by atomic mass is 10.4. The minimum atomic E-state index is -0.768. The van der Waals surface area contributed by atoms with E-state index in [1.807, 2.05) is 0 Å². The van der Waals surface area contributed by atoms with Gasteiger partial charge in [-0.1, -0.05) is 11.2 Å². The Morgan fingerprint density at radius 2 is 1.44 bits per heavy atom. The Kier molecular flexibility index (Phi) is 7.39. The molecule has 0 bridgehead atoms. The monoisotopic (exact) mass is 268 g/mol. The molecule has 0 amide bonds. The molecule has 0 aromatic carbocycles. The highest BCUT2D eigenvalue weighted by molar-refractivity contribution is 8.28. The van der Waals surface area contributed by atoms with Crippen LogP contribution >= 0.6 is 0 Å². The number of ether oxygens (including phenoxy) is 2. The van der Waals surface area contributed by atoms with Crippen LogP contribution in [-0.2, 0) is 39.7 Å². The zero-order chi connectivity index (χ0) is 12.7. The van der Waals surface area contributed by atoms with Crippen molar-refractivity contribution < 1.29 is 19.1 Å². The molecule has 0 unspecified atom stereocenters. The van der Waals surface area contributed by atoms with Crippen molar-refractivity contribution in [3.05, 3.63) is 0 Å². The summed E-state index contributed by atoms with van der Waals surface area (Å²) in [4.78, 5) is 22.0. The lowest BCUT2D eigenvalue weighted by molar-refractivity contribution is -0.142. The summed E-state index contributed by atoms with van der Waals surface area (Å²) in [6.45, 7) is 0. The third-order valence-electron chi connectivity index (χ3n) is 1.74. The van der Waals surface area contributed by atoms with E-state index in [4.69, 9.17) is 22.7 Å². The summed E-state index contributed by atoms with van der Waals surface area (Å²) in [6.07, 6.45) is 0. The Hall–Kier alpha value is -0.570. The molecule has 0 saturated heterocycles. The van der Waals surface area contributed by atoms with E-state index in [0.29, 0.717) is 0 Å². The van der Waals surface area contributed by atoms with E-state index in [-0.39, 0.29) is 11.5 Å². The zero-order valence-electron chi connectivity index (χ0n) is 9.17. The zero-order valence-corrected chi connectivity index (χ0v) is 10.8. The highest BCUT2D eigenvalue weighted by atomic mass is 32.8. The molecule has 0 rings (SSSR count). The van der Waals surface area contributed by atoms with Gasteiger partial charge < -0.3 is 20.9 Å². The SMILES string of the molecule is COC(=O)[C@@H](N)CS(=S)C[C@H](N)C(=O)OC. The average Bonchev–Trinajstić information content (AvgIpc) is 2.26. The van der Waals surface area contributed by atoms with Crippen LogP contribution in [0.25, 0.3) is 0 Å². The maximum absolute atomic E-state index is 11.0. The van der Waals surface area contributed by atoms with Crippen molar-refractivity contribution in [2.24, 2.45) is 11.5 Å². The van der Waals surface area contributed by atoms with E-state index in [1.54, 1.807) is 0 Å². The van der Waals surface area contributed by atoms with Gasteiger partial charge in [0.2, 0.25) is 0 Å².